The maximum atomic E-state index is 12.0. The van der Waals surface area contributed by atoms with Gasteiger partial charge < -0.3 is 9.47 Å². The number of hydrogen-bond donors (Lipinski definition) is 0. The molecule has 0 radical (unpaired) electrons. The number of methoxy groups -OCH3 is 1. The van der Waals surface area contributed by atoms with Gasteiger partial charge in [0.15, 0.2) is 0 Å². The van der Waals surface area contributed by atoms with Crippen molar-refractivity contribution in [2.24, 2.45) is 5.11 Å². The van der Waals surface area contributed by atoms with Gasteiger partial charge in [0.25, 0.3) is 0 Å². The van der Waals surface area contributed by atoms with Crippen LogP contribution in [0, 0.1) is 0 Å². The number of nitrogens with zero attached hydrogens (tertiary/aromatic N) is 4. The Kier molecular flexibility index (Phi) is 4.61. The Bertz CT molecular complexity index is 411. The van der Waals surface area contributed by atoms with E-state index in [9.17, 15) is 9.59 Å². The van der Waals surface area contributed by atoms with Gasteiger partial charge in [-0.15, -0.1) is 0 Å². The summed E-state index contributed by atoms with van der Waals surface area (Å²) in [6, 6.07) is -1.21. The van der Waals surface area contributed by atoms with Gasteiger partial charge in [-0.3, -0.25) is 4.90 Å². The van der Waals surface area contributed by atoms with E-state index in [1.165, 1.54) is 12.0 Å². The van der Waals surface area contributed by atoms with E-state index in [1.54, 1.807) is 20.8 Å². The Hall–Kier alpha value is -1.95. The molecule has 0 bridgehead atoms. The molecule has 1 aliphatic rings. The maximum Gasteiger partial charge on any atom is 0.411 e. The second kappa shape index (κ2) is 5.79. The van der Waals surface area contributed by atoms with Crippen LogP contribution in [0.3, 0.4) is 0 Å². The number of hydrogen-bond acceptors (Lipinski definition) is 5. The van der Waals surface area contributed by atoms with Crippen LogP contribution in [0.2, 0.25) is 0 Å². The van der Waals surface area contributed by atoms with Gasteiger partial charge in [0.1, 0.15) is 11.6 Å². The molecule has 1 unspecified atom stereocenters. The first-order chi connectivity index (χ1) is 8.78. The van der Waals surface area contributed by atoms with E-state index in [-0.39, 0.29) is 13.0 Å². The number of carbonyl (C=O) groups is 2. The predicted octanol–water partition coefficient (Wildman–Crippen LogP) is 1.85. The average Bonchev–Trinajstić information content (AvgIpc) is 2.70. The molecule has 0 aliphatic carbocycles. The molecule has 19 heavy (non-hydrogen) atoms. The molecular formula is C11H18N4O4. The van der Waals surface area contributed by atoms with Crippen molar-refractivity contribution in [1.29, 1.82) is 0 Å². The van der Waals surface area contributed by atoms with Crippen molar-refractivity contribution >= 4 is 12.1 Å². The van der Waals surface area contributed by atoms with Crippen LogP contribution in [-0.2, 0) is 14.3 Å². The van der Waals surface area contributed by atoms with Gasteiger partial charge in [0, 0.05) is 11.5 Å². The molecule has 1 heterocycles. The second-order valence-electron chi connectivity index (χ2n) is 5.27. The minimum Gasteiger partial charge on any atom is -0.467 e. The predicted molar refractivity (Wildman–Crippen MR) is 66.3 cm³/mol. The van der Waals surface area contributed by atoms with Crippen molar-refractivity contribution in [3.63, 3.8) is 0 Å². The number of ether oxygens (including phenoxy) is 2. The lowest BCUT2D eigenvalue weighted by Crippen LogP contribution is -2.43. The van der Waals surface area contributed by atoms with Crippen LogP contribution in [0.4, 0.5) is 4.79 Å². The Balaban J connectivity index is 2.85. The normalized spacial score (nSPS) is 22.6. The maximum absolute atomic E-state index is 12.0. The standard InChI is InChI=1S/C11H18N4O4/c1-11(2,3)19-10(17)15-6-7(13-14-12)5-8(15)9(16)18-4/h7-8H,5-6H2,1-4H3/t7?,8-/m0/s1. The molecule has 0 aromatic rings. The Morgan fingerprint density at radius 3 is 2.53 bits per heavy atom. The van der Waals surface area contributed by atoms with Crippen LogP contribution >= 0.6 is 0 Å². The fraction of sp³-hybridized carbons (Fsp3) is 0.818. The molecule has 0 saturated carbocycles. The number of amides is 1. The summed E-state index contributed by atoms with van der Waals surface area (Å²) in [6.07, 6.45) is -0.366. The van der Waals surface area contributed by atoms with Crippen molar-refractivity contribution in [2.75, 3.05) is 13.7 Å². The summed E-state index contributed by atoms with van der Waals surface area (Å²) >= 11 is 0. The second-order valence-corrected chi connectivity index (χ2v) is 5.27. The highest BCUT2D eigenvalue weighted by Crippen LogP contribution is 2.24. The van der Waals surface area contributed by atoms with Crippen LogP contribution in [0.25, 0.3) is 10.4 Å². The van der Waals surface area contributed by atoms with E-state index < -0.39 is 29.7 Å². The SMILES string of the molecule is COC(=O)[C@@H]1CC(N=[N+]=[N-])CN1C(=O)OC(C)(C)C. The lowest BCUT2D eigenvalue weighted by Gasteiger charge is -2.27. The Morgan fingerprint density at radius 2 is 2.05 bits per heavy atom. The van der Waals surface area contributed by atoms with E-state index in [1.807, 2.05) is 0 Å². The molecule has 0 aromatic carbocycles. The smallest absolute Gasteiger partial charge is 0.411 e. The minimum absolute atomic E-state index is 0.152. The van der Waals surface area contributed by atoms with Gasteiger partial charge in [-0.05, 0) is 32.7 Å². The van der Waals surface area contributed by atoms with E-state index >= 15 is 0 Å². The summed E-state index contributed by atoms with van der Waals surface area (Å²) in [7, 11) is 1.25. The summed E-state index contributed by atoms with van der Waals surface area (Å²) < 4.78 is 9.87. The van der Waals surface area contributed by atoms with E-state index in [0.29, 0.717) is 0 Å². The molecule has 2 atom stereocenters. The van der Waals surface area contributed by atoms with Gasteiger partial charge >= 0.3 is 12.1 Å². The van der Waals surface area contributed by atoms with Gasteiger partial charge in [-0.25, -0.2) is 9.59 Å². The zero-order valence-corrected chi connectivity index (χ0v) is 11.5. The third kappa shape index (κ3) is 4.03. The molecular weight excluding hydrogens is 252 g/mol. The molecule has 8 heteroatoms. The van der Waals surface area contributed by atoms with Crippen molar-refractivity contribution in [2.45, 2.75) is 44.9 Å². The van der Waals surface area contributed by atoms with Gasteiger partial charge in [-0.2, -0.15) is 0 Å². The molecule has 1 amide bonds. The van der Waals surface area contributed by atoms with Crippen LogP contribution in [0.1, 0.15) is 27.2 Å². The van der Waals surface area contributed by atoms with Gasteiger partial charge in [0.05, 0.1) is 13.2 Å². The monoisotopic (exact) mass is 270 g/mol. The molecule has 1 fully saturated rings. The summed E-state index contributed by atoms with van der Waals surface area (Å²) in [4.78, 5) is 27.6. The summed E-state index contributed by atoms with van der Waals surface area (Å²) in [5.41, 5.74) is 7.77. The molecule has 0 N–H and O–H groups in total. The average molecular weight is 270 g/mol. The first-order valence-electron chi connectivity index (χ1n) is 5.90. The Labute approximate surface area is 111 Å². The largest absolute Gasteiger partial charge is 0.467 e. The molecule has 0 aromatic heterocycles. The van der Waals surface area contributed by atoms with Crippen molar-refractivity contribution in [3.05, 3.63) is 10.4 Å². The van der Waals surface area contributed by atoms with Gasteiger partial charge in [-0.1, -0.05) is 5.11 Å². The fourth-order valence-electron chi connectivity index (χ4n) is 1.85. The lowest BCUT2D eigenvalue weighted by atomic mass is 10.2. The minimum atomic E-state index is -0.768. The summed E-state index contributed by atoms with van der Waals surface area (Å²) in [6.45, 7) is 5.36. The summed E-state index contributed by atoms with van der Waals surface area (Å²) in [5, 5.41) is 3.54. The topological polar surface area (TPSA) is 105 Å². The molecule has 106 valence electrons. The van der Waals surface area contributed by atoms with E-state index in [0.717, 1.165) is 0 Å². The van der Waals surface area contributed by atoms with Crippen LogP contribution < -0.4 is 0 Å². The third-order valence-corrected chi connectivity index (χ3v) is 2.60. The number of rotatable bonds is 2. The number of likely N-dealkylation sites (tertiary alicyclic amines) is 1. The summed E-state index contributed by atoms with van der Waals surface area (Å²) in [5.74, 6) is -0.540. The fourth-order valence-corrected chi connectivity index (χ4v) is 1.85. The van der Waals surface area contributed by atoms with Crippen LogP contribution in [-0.4, -0.2) is 48.3 Å². The quantitative estimate of drug-likeness (QED) is 0.330. The zero-order chi connectivity index (χ0) is 14.6. The van der Waals surface area contributed by atoms with Crippen molar-refractivity contribution in [1.82, 2.24) is 4.90 Å². The first kappa shape index (κ1) is 15.1. The van der Waals surface area contributed by atoms with E-state index in [4.69, 9.17) is 10.3 Å². The highest BCUT2D eigenvalue weighted by Gasteiger charge is 2.41. The third-order valence-electron chi connectivity index (χ3n) is 2.60. The van der Waals surface area contributed by atoms with E-state index in [2.05, 4.69) is 14.8 Å². The highest BCUT2D eigenvalue weighted by atomic mass is 16.6. The molecule has 8 nitrogen and oxygen atoms in total. The number of carbonyl (C=O) groups excluding carboxylic acids is 2. The molecule has 1 saturated heterocycles. The Morgan fingerprint density at radius 1 is 1.42 bits per heavy atom. The van der Waals surface area contributed by atoms with Crippen molar-refractivity contribution in [3.8, 4) is 0 Å². The zero-order valence-electron chi connectivity index (χ0n) is 11.5. The van der Waals surface area contributed by atoms with Crippen molar-refractivity contribution < 1.29 is 19.1 Å². The molecule has 1 rings (SSSR count). The molecule has 0 spiro atoms. The van der Waals surface area contributed by atoms with Crippen LogP contribution in [0.15, 0.2) is 5.11 Å². The lowest BCUT2D eigenvalue weighted by molar-refractivity contribution is -0.145. The number of azide groups is 1. The first-order valence-corrected chi connectivity index (χ1v) is 5.90. The highest BCUT2D eigenvalue weighted by molar-refractivity contribution is 5.82. The van der Waals surface area contributed by atoms with Gasteiger partial charge in [0.2, 0.25) is 0 Å². The van der Waals surface area contributed by atoms with Crippen LogP contribution in [0.5, 0.6) is 0 Å². The molecule has 1 aliphatic heterocycles. The number of esters is 1.